The van der Waals surface area contributed by atoms with Crippen LogP contribution in [0, 0.1) is 12.7 Å². The molecule has 4 heteroatoms. The van der Waals surface area contributed by atoms with Gasteiger partial charge in [-0.1, -0.05) is 19.1 Å². The van der Waals surface area contributed by atoms with Crippen molar-refractivity contribution in [3.63, 3.8) is 0 Å². The molecule has 1 heterocycles. The highest BCUT2D eigenvalue weighted by atomic mass is 19.1. The summed E-state index contributed by atoms with van der Waals surface area (Å²) in [5.41, 5.74) is 1.49. The van der Waals surface area contributed by atoms with Crippen LogP contribution in [0.3, 0.4) is 0 Å². The van der Waals surface area contributed by atoms with Gasteiger partial charge < -0.3 is 10.1 Å². The second kappa shape index (κ2) is 6.29. The lowest BCUT2D eigenvalue weighted by Crippen LogP contribution is -2.12. The predicted molar refractivity (Wildman–Crippen MR) is 72.8 cm³/mol. The number of benzene rings is 1. The molecule has 2 rings (SSSR count). The van der Waals surface area contributed by atoms with E-state index >= 15 is 0 Å². The third kappa shape index (κ3) is 3.76. The van der Waals surface area contributed by atoms with E-state index in [0.29, 0.717) is 23.7 Å². The molecule has 0 fully saturated rings. The second-order valence-corrected chi connectivity index (χ2v) is 4.26. The van der Waals surface area contributed by atoms with Crippen molar-refractivity contribution in [3.05, 3.63) is 53.5 Å². The van der Waals surface area contributed by atoms with Crippen molar-refractivity contribution in [2.24, 2.45) is 0 Å². The van der Waals surface area contributed by atoms with E-state index in [0.717, 1.165) is 12.2 Å². The van der Waals surface area contributed by atoms with Gasteiger partial charge in [-0.2, -0.15) is 0 Å². The van der Waals surface area contributed by atoms with Crippen LogP contribution in [0.4, 0.5) is 4.39 Å². The summed E-state index contributed by atoms with van der Waals surface area (Å²) in [7, 11) is 0. The maximum atomic E-state index is 13.4. The molecule has 19 heavy (non-hydrogen) atoms. The molecule has 1 aromatic heterocycles. The van der Waals surface area contributed by atoms with Crippen molar-refractivity contribution >= 4 is 0 Å². The van der Waals surface area contributed by atoms with Gasteiger partial charge in [-0.15, -0.1) is 0 Å². The summed E-state index contributed by atoms with van der Waals surface area (Å²) in [6, 6.07) is 10.3. The Morgan fingerprint density at radius 3 is 2.84 bits per heavy atom. The Morgan fingerprint density at radius 2 is 2.11 bits per heavy atom. The Hall–Kier alpha value is -1.94. The van der Waals surface area contributed by atoms with Crippen molar-refractivity contribution in [1.29, 1.82) is 0 Å². The first kappa shape index (κ1) is 13.5. The molecule has 1 aromatic carbocycles. The lowest BCUT2D eigenvalue weighted by atomic mass is 10.2. The Morgan fingerprint density at radius 1 is 1.26 bits per heavy atom. The van der Waals surface area contributed by atoms with Crippen molar-refractivity contribution in [2.75, 3.05) is 6.54 Å². The van der Waals surface area contributed by atoms with Gasteiger partial charge in [0.05, 0.1) is 5.69 Å². The van der Waals surface area contributed by atoms with E-state index in [4.69, 9.17) is 4.74 Å². The number of pyridine rings is 1. The summed E-state index contributed by atoms with van der Waals surface area (Å²) >= 11 is 0. The van der Waals surface area contributed by atoms with E-state index in [2.05, 4.69) is 10.3 Å². The highest BCUT2D eigenvalue weighted by Crippen LogP contribution is 2.21. The average Bonchev–Trinajstić information content (AvgIpc) is 2.41. The van der Waals surface area contributed by atoms with Crippen LogP contribution in [0.1, 0.15) is 18.2 Å². The lowest BCUT2D eigenvalue weighted by molar-refractivity contribution is 0.454. The van der Waals surface area contributed by atoms with Gasteiger partial charge in [0, 0.05) is 18.7 Å². The minimum atomic E-state index is -0.277. The molecule has 2 aromatic rings. The number of halogens is 1. The summed E-state index contributed by atoms with van der Waals surface area (Å²) in [4.78, 5) is 4.35. The fourth-order valence-corrected chi connectivity index (χ4v) is 1.62. The average molecular weight is 260 g/mol. The summed E-state index contributed by atoms with van der Waals surface area (Å²) < 4.78 is 19.0. The number of nitrogens with zero attached hydrogens (tertiary/aromatic N) is 1. The third-order valence-electron chi connectivity index (χ3n) is 2.70. The molecule has 0 amide bonds. The fourth-order valence-electron chi connectivity index (χ4n) is 1.62. The topological polar surface area (TPSA) is 34.1 Å². The molecule has 0 saturated heterocycles. The number of hydrogen-bond acceptors (Lipinski definition) is 3. The van der Waals surface area contributed by atoms with Gasteiger partial charge in [0.2, 0.25) is 5.88 Å². The van der Waals surface area contributed by atoms with Crippen LogP contribution in [0.15, 0.2) is 36.4 Å². The second-order valence-electron chi connectivity index (χ2n) is 4.26. The van der Waals surface area contributed by atoms with Gasteiger partial charge in [-0.3, -0.25) is 0 Å². The SMILES string of the molecule is CCNCc1cccc(Oc2ccc(C)c(F)c2)n1. The van der Waals surface area contributed by atoms with Crippen LogP contribution < -0.4 is 10.1 Å². The van der Waals surface area contributed by atoms with E-state index in [-0.39, 0.29) is 5.82 Å². The van der Waals surface area contributed by atoms with E-state index in [1.807, 2.05) is 19.1 Å². The summed E-state index contributed by atoms with van der Waals surface area (Å²) in [6.07, 6.45) is 0. The molecule has 1 N–H and O–H groups in total. The summed E-state index contributed by atoms with van der Waals surface area (Å²) in [5, 5.41) is 3.19. The first-order chi connectivity index (χ1) is 9.19. The van der Waals surface area contributed by atoms with Gasteiger partial charge in [0.1, 0.15) is 11.6 Å². The van der Waals surface area contributed by atoms with Crippen LogP contribution in [0.25, 0.3) is 0 Å². The summed E-state index contributed by atoms with van der Waals surface area (Å²) in [5.74, 6) is 0.649. The number of rotatable bonds is 5. The number of ether oxygens (including phenoxy) is 1. The Labute approximate surface area is 112 Å². The molecule has 100 valence electrons. The molecule has 0 spiro atoms. The van der Waals surface area contributed by atoms with E-state index in [1.54, 1.807) is 25.1 Å². The van der Waals surface area contributed by atoms with E-state index in [9.17, 15) is 4.39 Å². The molecule has 3 nitrogen and oxygen atoms in total. The van der Waals surface area contributed by atoms with Gasteiger partial charge in [-0.05, 0) is 31.2 Å². The minimum Gasteiger partial charge on any atom is -0.439 e. The van der Waals surface area contributed by atoms with Crippen molar-refractivity contribution in [1.82, 2.24) is 10.3 Å². The first-order valence-corrected chi connectivity index (χ1v) is 6.29. The predicted octanol–water partition coefficient (Wildman–Crippen LogP) is 3.43. The highest BCUT2D eigenvalue weighted by Gasteiger charge is 2.03. The van der Waals surface area contributed by atoms with Gasteiger partial charge >= 0.3 is 0 Å². The van der Waals surface area contributed by atoms with Gasteiger partial charge in [-0.25, -0.2) is 9.37 Å². The number of hydrogen-bond donors (Lipinski definition) is 1. The van der Waals surface area contributed by atoms with Crippen LogP contribution in [0.5, 0.6) is 11.6 Å². The zero-order valence-electron chi connectivity index (χ0n) is 11.1. The molecular formula is C15H17FN2O. The molecule has 0 atom stereocenters. The Balaban J connectivity index is 2.11. The highest BCUT2D eigenvalue weighted by molar-refractivity contribution is 5.31. The largest absolute Gasteiger partial charge is 0.439 e. The quantitative estimate of drug-likeness (QED) is 0.894. The van der Waals surface area contributed by atoms with Gasteiger partial charge in [0.15, 0.2) is 0 Å². The third-order valence-corrected chi connectivity index (χ3v) is 2.70. The van der Waals surface area contributed by atoms with Crippen LogP contribution in [-0.2, 0) is 6.54 Å². The number of nitrogens with one attached hydrogen (secondary N) is 1. The smallest absolute Gasteiger partial charge is 0.219 e. The van der Waals surface area contributed by atoms with Crippen LogP contribution in [-0.4, -0.2) is 11.5 Å². The lowest BCUT2D eigenvalue weighted by Gasteiger charge is -2.07. The van der Waals surface area contributed by atoms with Crippen molar-refractivity contribution in [3.8, 4) is 11.6 Å². The Kier molecular flexibility index (Phi) is 4.47. The maximum Gasteiger partial charge on any atom is 0.219 e. The van der Waals surface area contributed by atoms with Gasteiger partial charge in [0.25, 0.3) is 0 Å². The van der Waals surface area contributed by atoms with E-state index < -0.39 is 0 Å². The molecule has 0 aliphatic heterocycles. The first-order valence-electron chi connectivity index (χ1n) is 6.29. The molecule has 0 bridgehead atoms. The van der Waals surface area contributed by atoms with Crippen LogP contribution >= 0.6 is 0 Å². The molecule has 0 aliphatic carbocycles. The van der Waals surface area contributed by atoms with Crippen molar-refractivity contribution in [2.45, 2.75) is 20.4 Å². The molecular weight excluding hydrogens is 243 g/mol. The molecule has 0 radical (unpaired) electrons. The van der Waals surface area contributed by atoms with Crippen LogP contribution in [0.2, 0.25) is 0 Å². The summed E-state index contributed by atoms with van der Waals surface area (Å²) in [6.45, 7) is 5.33. The standard InChI is InChI=1S/C15H17FN2O/c1-3-17-10-12-5-4-6-15(18-12)19-13-8-7-11(2)14(16)9-13/h4-9,17H,3,10H2,1-2H3. The maximum absolute atomic E-state index is 13.4. The molecule has 0 saturated carbocycles. The zero-order chi connectivity index (χ0) is 13.7. The monoisotopic (exact) mass is 260 g/mol. The molecule has 0 unspecified atom stereocenters. The zero-order valence-corrected chi connectivity index (χ0v) is 11.1. The minimum absolute atomic E-state index is 0.277. The normalized spacial score (nSPS) is 10.5. The number of aromatic nitrogens is 1. The fraction of sp³-hybridized carbons (Fsp3) is 0.267. The number of aryl methyl sites for hydroxylation is 1. The van der Waals surface area contributed by atoms with E-state index in [1.165, 1.54) is 6.07 Å². The van der Waals surface area contributed by atoms with Crippen molar-refractivity contribution < 1.29 is 9.13 Å². The Bertz CT molecular complexity index is 558. The molecule has 0 aliphatic rings.